The average molecular weight is 215 g/mol. The Bertz CT molecular complexity index is 430. The van der Waals surface area contributed by atoms with Crippen LogP contribution in [0.4, 0.5) is 0 Å². The Morgan fingerprint density at radius 1 is 1.19 bits per heavy atom. The number of likely N-dealkylation sites (tertiary alicyclic amines) is 1. The van der Waals surface area contributed by atoms with Crippen LogP contribution in [0.2, 0.25) is 0 Å². The summed E-state index contributed by atoms with van der Waals surface area (Å²) in [5.41, 5.74) is 2.18. The van der Waals surface area contributed by atoms with Crippen molar-refractivity contribution in [3.63, 3.8) is 0 Å². The lowest BCUT2D eigenvalue weighted by molar-refractivity contribution is 0.0671. The highest BCUT2D eigenvalue weighted by molar-refractivity contribution is 6.05. The molecule has 2 nitrogen and oxygen atoms in total. The second-order valence-corrected chi connectivity index (χ2v) is 5.25. The predicted octanol–water partition coefficient (Wildman–Crippen LogP) is 2.14. The highest BCUT2D eigenvalue weighted by Gasteiger charge is 2.46. The molecule has 84 valence electrons. The van der Waals surface area contributed by atoms with Gasteiger partial charge in [0.1, 0.15) is 0 Å². The highest BCUT2D eigenvalue weighted by Crippen LogP contribution is 2.44. The fraction of sp³-hybridized carbons (Fsp3) is 0.500. The molecule has 1 spiro atoms. The minimum Gasteiger partial charge on any atom is -0.306 e. The molecule has 2 heteroatoms. The van der Waals surface area contributed by atoms with Crippen LogP contribution in [-0.4, -0.2) is 30.8 Å². The van der Waals surface area contributed by atoms with Crippen LogP contribution in [0.1, 0.15) is 28.8 Å². The van der Waals surface area contributed by atoms with Crippen molar-refractivity contribution in [2.24, 2.45) is 5.41 Å². The van der Waals surface area contributed by atoms with Gasteiger partial charge >= 0.3 is 0 Å². The van der Waals surface area contributed by atoms with Gasteiger partial charge in [-0.3, -0.25) is 4.79 Å². The zero-order valence-corrected chi connectivity index (χ0v) is 9.70. The minimum absolute atomic E-state index is 0.0593. The number of fused-ring (bicyclic) bond motifs is 1. The van der Waals surface area contributed by atoms with Crippen molar-refractivity contribution in [2.75, 3.05) is 20.1 Å². The average Bonchev–Trinajstić information content (AvgIpc) is 2.58. The number of benzene rings is 1. The number of rotatable bonds is 0. The molecule has 1 aromatic rings. The third-order valence-electron chi connectivity index (χ3n) is 4.22. The second kappa shape index (κ2) is 3.42. The van der Waals surface area contributed by atoms with Gasteiger partial charge in [0.15, 0.2) is 5.78 Å². The van der Waals surface area contributed by atoms with Gasteiger partial charge in [0.05, 0.1) is 0 Å². The molecule has 0 amide bonds. The lowest BCUT2D eigenvalue weighted by Crippen LogP contribution is -2.41. The first kappa shape index (κ1) is 10.0. The molecular weight excluding hydrogens is 198 g/mol. The number of Topliss-reactive ketones (excluding diaryl/α,β-unsaturated/α-hetero) is 1. The number of hydrogen-bond donors (Lipinski definition) is 0. The normalized spacial score (nSPS) is 23.7. The van der Waals surface area contributed by atoms with Crippen LogP contribution in [0.3, 0.4) is 0 Å². The highest BCUT2D eigenvalue weighted by atomic mass is 16.1. The summed E-state index contributed by atoms with van der Waals surface area (Å²) in [4.78, 5) is 14.8. The predicted molar refractivity (Wildman–Crippen MR) is 63.6 cm³/mol. The summed E-state index contributed by atoms with van der Waals surface area (Å²) in [5, 5.41) is 0. The van der Waals surface area contributed by atoms with Gasteiger partial charge in [0.25, 0.3) is 0 Å². The molecule has 0 N–H and O–H groups in total. The summed E-state index contributed by atoms with van der Waals surface area (Å²) in [7, 11) is 2.14. The molecule has 1 aromatic carbocycles. The molecular formula is C14H17NO. The molecule has 1 aliphatic carbocycles. The molecule has 0 radical (unpaired) electrons. The fourth-order valence-electron chi connectivity index (χ4n) is 3.08. The third kappa shape index (κ3) is 1.33. The SMILES string of the molecule is CN1CCC2(CC1)Cc1ccccc1C2=O. The van der Waals surface area contributed by atoms with Gasteiger partial charge in [-0.15, -0.1) is 0 Å². The smallest absolute Gasteiger partial charge is 0.169 e. The summed E-state index contributed by atoms with van der Waals surface area (Å²) in [6.07, 6.45) is 3.02. The maximum absolute atomic E-state index is 12.5. The van der Waals surface area contributed by atoms with Crippen molar-refractivity contribution in [1.82, 2.24) is 4.90 Å². The molecule has 16 heavy (non-hydrogen) atoms. The van der Waals surface area contributed by atoms with E-state index in [2.05, 4.69) is 18.0 Å². The Kier molecular flexibility index (Phi) is 2.15. The van der Waals surface area contributed by atoms with Crippen LogP contribution in [0, 0.1) is 5.41 Å². The van der Waals surface area contributed by atoms with Gasteiger partial charge in [-0.05, 0) is 45.0 Å². The molecule has 1 fully saturated rings. The number of ketones is 1. The van der Waals surface area contributed by atoms with Gasteiger partial charge in [-0.2, -0.15) is 0 Å². The number of carbonyl (C=O) groups excluding carboxylic acids is 1. The third-order valence-corrected chi connectivity index (χ3v) is 4.22. The van der Waals surface area contributed by atoms with Crippen LogP contribution in [0.5, 0.6) is 0 Å². The standard InChI is InChI=1S/C14H17NO/c1-15-8-6-14(7-9-15)10-11-4-2-3-5-12(11)13(14)16/h2-5H,6-10H2,1H3. The van der Waals surface area contributed by atoms with Crippen molar-refractivity contribution in [3.8, 4) is 0 Å². The molecule has 0 aromatic heterocycles. The Morgan fingerprint density at radius 3 is 2.56 bits per heavy atom. The van der Waals surface area contributed by atoms with Gasteiger partial charge in [-0.1, -0.05) is 24.3 Å². The molecule has 2 aliphatic rings. The lowest BCUT2D eigenvalue weighted by Gasteiger charge is -2.36. The largest absolute Gasteiger partial charge is 0.306 e. The molecule has 0 bridgehead atoms. The van der Waals surface area contributed by atoms with E-state index < -0.39 is 0 Å². The summed E-state index contributed by atoms with van der Waals surface area (Å²) >= 11 is 0. The molecule has 3 rings (SSSR count). The van der Waals surface area contributed by atoms with E-state index in [1.807, 2.05) is 18.2 Å². The topological polar surface area (TPSA) is 20.3 Å². The Balaban J connectivity index is 1.94. The maximum atomic E-state index is 12.5. The van der Waals surface area contributed by atoms with Crippen molar-refractivity contribution in [2.45, 2.75) is 19.3 Å². The van der Waals surface area contributed by atoms with E-state index in [4.69, 9.17) is 0 Å². The first-order valence-electron chi connectivity index (χ1n) is 6.03. The van der Waals surface area contributed by atoms with E-state index in [1.54, 1.807) is 0 Å². The van der Waals surface area contributed by atoms with Crippen molar-refractivity contribution >= 4 is 5.78 Å². The van der Waals surface area contributed by atoms with Crippen LogP contribution < -0.4 is 0 Å². The Labute approximate surface area is 96.3 Å². The van der Waals surface area contributed by atoms with E-state index >= 15 is 0 Å². The van der Waals surface area contributed by atoms with Gasteiger partial charge in [0.2, 0.25) is 0 Å². The molecule has 1 heterocycles. The van der Waals surface area contributed by atoms with E-state index in [9.17, 15) is 4.79 Å². The Hall–Kier alpha value is -1.15. The van der Waals surface area contributed by atoms with Crippen LogP contribution >= 0.6 is 0 Å². The first-order chi connectivity index (χ1) is 7.71. The van der Waals surface area contributed by atoms with Crippen molar-refractivity contribution in [3.05, 3.63) is 35.4 Å². The zero-order chi connectivity index (χ0) is 11.2. The minimum atomic E-state index is -0.0593. The van der Waals surface area contributed by atoms with Gasteiger partial charge in [-0.25, -0.2) is 0 Å². The van der Waals surface area contributed by atoms with Crippen LogP contribution in [0.15, 0.2) is 24.3 Å². The van der Waals surface area contributed by atoms with Gasteiger partial charge in [0, 0.05) is 11.0 Å². The number of carbonyl (C=O) groups is 1. The van der Waals surface area contributed by atoms with Crippen molar-refractivity contribution < 1.29 is 4.79 Å². The Morgan fingerprint density at radius 2 is 1.88 bits per heavy atom. The summed E-state index contributed by atoms with van der Waals surface area (Å²) in [6.45, 7) is 2.11. The fourth-order valence-corrected chi connectivity index (χ4v) is 3.08. The van der Waals surface area contributed by atoms with E-state index in [0.29, 0.717) is 5.78 Å². The first-order valence-corrected chi connectivity index (χ1v) is 6.03. The molecule has 0 atom stereocenters. The number of nitrogens with zero attached hydrogens (tertiary/aromatic N) is 1. The number of hydrogen-bond acceptors (Lipinski definition) is 2. The molecule has 1 saturated heterocycles. The van der Waals surface area contributed by atoms with E-state index in [1.165, 1.54) is 5.56 Å². The molecule has 0 unspecified atom stereocenters. The quantitative estimate of drug-likeness (QED) is 0.661. The van der Waals surface area contributed by atoms with E-state index in [-0.39, 0.29) is 5.41 Å². The molecule has 1 aliphatic heterocycles. The summed E-state index contributed by atoms with van der Waals surface area (Å²) < 4.78 is 0. The molecule has 0 saturated carbocycles. The monoisotopic (exact) mass is 215 g/mol. The zero-order valence-electron chi connectivity index (χ0n) is 9.70. The van der Waals surface area contributed by atoms with Crippen LogP contribution in [0.25, 0.3) is 0 Å². The van der Waals surface area contributed by atoms with Crippen LogP contribution in [-0.2, 0) is 6.42 Å². The number of piperidine rings is 1. The summed E-state index contributed by atoms with van der Waals surface area (Å²) in [5.74, 6) is 0.399. The van der Waals surface area contributed by atoms with Gasteiger partial charge < -0.3 is 4.90 Å². The second-order valence-electron chi connectivity index (χ2n) is 5.25. The van der Waals surface area contributed by atoms with E-state index in [0.717, 1.165) is 37.9 Å². The summed E-state index contributed by atoms with van der Waals surface area (Å²) in [6, 6.07) is 8.12. The lowest BCUT2D eigenvalue weighted by atomic mass is 9.75. The maximum Gasteiger partial charge on any atom is 0.169 e. The van der Waals surface area contributed by atoms with Crippen molar-refractivity contribution in [1.29, 1.82) is 0 Å².